The van der Waals surface area contributed by atoms with Crippen molar-refractivity contribution in [3.63, 3.8) is 0 Å². The molecule has 0 aromatic carbocycles. The highest BCUT2D eigenvalue weighted by Gasteiger charge is 2.72. The SMILES string of the molecule is CC1CC2N=NC2(C(C)(C)CC(C)(C)C)C1(C)CC(C)(C)C. The van der Waals surface area contributed by atoms with E-state index >= 15 is 0 Å². The van der Waals surface area contributed by atoms with E-state index in [0.29, 0.717) is 22.8 Å². The Hall–Kier alpha value is -0.400. The molecule has 4 atom stereocenters. The van der Waals surface area contributed by atoms with Crippen molar-refractivity contribution < 1.29 is 0 Å². The van der Waals surface area contributed by atoms with Crippen LogP contribution >= 0.6 is 0 Å². The van der Waals surface area contributed by atoms with E-state index in [1.54, 1.807) is 0 Å². The van der Waals surface area contributed by atoms with Gasteiger partial charge in [-0.15, -0.1) is 0 Å². The molecule has 128 valence electrons. The van der Waals surface area contributed by atoms with Gasteiger partial charge >= 0.3 is 0 Å². The number of hydrogen-bond acceptors (Lipinski definition) is 2. The highest BCUT2D eigenvalue weighted by molar-refractivity contribution is 5.26. The second kappa shape index (κ2) is 4.80. The van der Waals surface area contributed by atoms with E-state index < -0.39 is 0 Å². The van der Waals surface area contributed by atoms with Crippen molar-refractivity contribution in [3.8, 4) is 0 Å². The molecule has 1 fully saturated rings. The van der Waals surface area contributed by atoms with Gasteiger partial charge in [0.25, 0.3) is 0 Å². The second-order valence-electron chi connectivity index (χ2n) is 11.4. The van der Waals surface area contributed by atoms with Crippen LogP contribution in [0.5, 0.6) is 0 Å². The van der Waals surface area contributed by atoms with Crippen LogP contribution in [0.3, 0.4) is 0 Å². The number of azo groups is 1. The molecular weight excluding hydrogens is 268 g/mol. The standard InChI is InChI=1S/C20H38N2/c1-14-11-15-20(22-21-15,18(8,9)12-16(2,3)4)19(14,10)13-17(5,6)7/h14-15H,11-13H2,1-10H3. The van der Waals surface area contributed by atoms with Crippen molar-refractivity contribution in [2.75, 3.05) is 0 Å². The zero-order chi connectivity index (χ0) is 17.2. The maximum Gasteiger partial charge on any atom is 0.116 e. The van der Waals surface area contributed by atoms with Crippen LogP contribution in [0.4, 0.5) is 0 Å². The van der Waals surface area contributed by atoms with Crippen LogP contribution in [0.15, 0.2) is 10.2 Å². The van der Waals surface area contributed by atoms with Crippen molar-refractivity contribution in [2.24, 2.45) is 37.8 Å². The fourth-order valence-corrected chi connectivity index (χ4v) is 6.17. The average Bonchev–Trinajstić information content (AvgIpc) is 2.29. The highest BCUT2D eigenvalue weighted by atomic mass is 15.3. The van der Waals surface area contributed by atoms with Crippen LogP contribution in [0, 0.1) is 27.6 Å². The Morgan fingerprint density at radius 2 is 1.50 bits per heavy atom. The van der Waals surface area contributed by atoms with Crippen molar-refractivity contribution in [1.29, 1.82) is 0 Å². The Balaban J connectivity index is 2.47. The molecular formula is C20H38N2. The van der Waals surface area contributed by atoms with Gasteiger partial charge in [0, 0.05) is 5.41 Å². The first-order valence-electron chi connectivity index (χ1n) is 9.07. The van der Waals surface area contributed by atoms with Crippen LogP contribution in [0.1, 0.15) is 88.5 Å². The lowest BCUT2D eigenvalue weighted by molar-refractivity contribution is -0.0535. The normalized spacial score (nSPS) is 38.8. The summed E-state index contributed by atoms with van der Waals surface area (Å²) in [6.07, 6.45) is 3.63. The van der Waals surface area contributed by atoms with Gasteiger partial charge < -0.3 is 0 Å². The summed E-state index contributed by atoms with van der Waals surface area (Å²) in [7, 11) is 0. The topological polar surface area (TPSA) is 24.7 Å². The van der Waals surface area contributed by atoms with E-state index in [1.807, 2.05) is 0 Å². The first kappa shape index (κ1) is 17.9. The van der Waals surface area contributed by atoms with Crippen molar-refractivity contribution in [1.82, 2.24) is 0 Å². The fourth-order valence-electron chi connectivity index (χ4n) is 6.17. The molecule has 0 saturated heterocycles. The summed E-state index contributed by atoms with van der Waals surface area (Å²) in [5.74, 6) is 0.686. The van der Waals surface area contributed by atoms with Gasteiger partial charge in [-0.1, -0.05) is 69.2 Å². The third kappa shape index (κ3) is 2.55. The van der Waals surface area contributed by atoms with Crippen molar-refractivity contribution in [3.05, 3.63) is 0 Å². The van der Waals surface area contributed by atoms with Gasteiger partial charge in [-0.25, -0.2) is 0 Å². The molecule has 1 aliphatic heterocycles. The lowest BCUT2D eigenvalue weighted by Gasteiger charge is -2.58. The predicted octanol–water partition coefficient (Wildman–Crippen LogP) is 6.50. The van der Waals surface area contributed by atoms with E-state index in [2.05, 4.69) is 74.4 Å². The third-order valence-corrected chi connectivity index (χ3v) is 6.27. The maximum absolute atomic E-state index is 4.93. The van der Waals surface area contributed by atoms with Gasteiger partial charge in [-0.05, 0) is 41.4 Å². The molecule has 2 aliphatic rings. The molecule has 0 bridgehead atoms. The molecule has 2 rings (SSSR count). The minimum atomic E-state index is 0.0278. The summed E-state index contributed by atoms with van der Waals surface area (Å²) in [5.41, 5.74) is 1.10. The highest BCUT2D eigenvalue weighted by Crippen LogP contribution is 2.69. The Morgan fingerprint density at radius 3 is 1.86 bits per heavy atom. The van der Waals surface area contributed by atoms with Crippen LogP contribution in [-0.2, 0) is 0 Å². The molecule has 22 heavy (non-hydrogen) atoms. The monoisotopic (exact) mass is 306 g/mol. The van der Waals surface area contributed by atoms with Crippen LogP contribution in [0.2, 0.25) is 0 Å². The fraction of sp³-hybridized carbons (Fsp3) is 1.00. The Labute approximate surface area is 138 Å². The zero-order valence-electron chi connectivity index (χ0n) is 16.7. The summed E-state index contributed by atoms with van der Waals surface area (Å²) < 4.78 is 0. The Kier molecular flexibility index (Phi) is 3.92. The summed E-state index contributed by atoms with van der Waals surface area (Å²) >= 11 is 0. The van der Waals surface area contributed by atoms with Gasteiger partial charge in [0.05, 0.1) is 6.04 Å². The quantitative estimate of drug-likeness (QED) is 0.568. The smallest absolute Gasteiger partial charge is 0.116 e. The van der Waals surface area contributed by atoms with Gasteiger partial charge in [0.15, 0.2) is 0 Å². The van der Waals surface area contributed by atoms with Gasteiger partial charge in [-0.3, -0.25) is 0 Å². The molecule has 1 saturated carbocycles. The number of rotatable bonds is 3. The third-order valence-electron chi connectivity index (χ3n) is 6.27. The molecule has 1 aliphatic carbocycles. The first-order chi connectivity index (χ1) is 9.65. The van der Waals surface area contributed by atoms with E-state index in [9.17, 15) is 0 Å². The lowest BCUT2D eigenvalue weighted by atomic mass is 9.50. The molecule has 0 N–H and O–H groups in total. The number of nitrogens with zero attached hydrogens (tertiary/aromatic N) is 2. The molecule has 0 aromatic heterocycles. The Morgan fingerprint density at radius 1 is 0.955 bits per heavy atom. The van der Waals surface area contributed by atoms with Crippen molar-refractivity contribution >= 4 is 0 Å². The molecule has 0 spiro atoms. The van der Waals surface area contributed by atoms with E-state index in [4.69, 9.17) is 5.11 Å². The van der Waals surface area contributed by atoms with Gasteiger partial charge in [-0.2, -0.15) is 10.2 Å². The number of hydrogen-bond donors (Lipinski definition) is 0. The molecule has 0 amide bonds. The van der Waals surface area contributed by atoms with E-state index in [-0.39, 0.29) is 16.4 Å². The lowest BCUT2D eigenvalue weighted by Crippen LogP contribution is -2.63. The molecule has 2 nitrogen and oxygen atoms in total. The van der Waals surface area contributed by atoms with Crippen LogP contribution in [0.25, 0.3) is 0 Å². The number of fused-ring (bicyclic) bond motifs is 1. The van der Waals surface area contributed by atoms with Crippen molar-refractivity contribution in [2.45, 2.75) is 100 Å². The van der Waals surface area contributed by atoms with E-state index in [0.717, 1.165) is 0 Å². The van der Waals surface area contributed by atoms with Crippen LogP contribution < -0.4 is 0 Å². The van der Waals surface area contributed by atoms with Gasteiger partial charge in [0.1, 0.15) is 5.54 Å². The largest absolute Gasteiger partial charge is 0.187 e. The molecule has 0 radical (unpaired) electrons. The predicted molar refractivity (Wildman–Crippen MR) is 95.2 cm³/mol. The van der Waals surface area contributed by atoms with Gasteiger partial charge in [0.2, 0.25) is 0 Å². The molecule has 1 heterocycles. The summed E-state index contributed by atoms with van der Waals surface area (Å²) in [6.45, 7) is 24.0. The summed E-state index contributed by atoms with van der Waals surface area (Å²) in [6, 6.07) is 0.437. The van der Waals surface area contributed by atoms with Crippen LogP contribution in [-0.4, -0.2) is 11.6 Å². The minimum absolute atomic E-state index is 0.0278. The first-order valence-corrected chi connectivity index (χ1v) is 9.07. The zero-order valence-corrected chi connectivity index (χ0v) is 16.7. The molecule has 0 aromatic rings. The summed E-state index contributed by atoms with van der Waals surface area (Å²) in [5, 5.41) is 9.53. The average molecular weight is 307 g/mol. The second-order valence-corrected chi connectivity index (χ2v) is 11.4. The van der Waals surface area contributed by atoms with E-state index in [1.165, 1.54) is 19.3 Å². The molecule has 4 unspecified atom stereocenters. The molecule has 2 heteroatoms. The maximum atomic E-state index is 4.93. The minimum Gasteiger partial charge on any atom is -0.187 e. The Bertz CT molecular complexity index is 463. The summed E-state index contributed by atoms with van der Waals surface area (Å²) in [4.78, 5) is 0.